The van der Waals surface area contributed by atoms with Crippen LogP contribution in [0.4, 0.5) is 0 Å². The van der Waals surface area contributed by atoms with Gasteiger partial charge < -0.3 is 19.5 Å². The SMILES string of the molecule is CC[C@H](Oc1ccccc1C)C(=O)N1CCO[C@H](C(=O)O)C1. The number of para-hydroxylation sites is 1. The number of nitrogens with zero attached hydrogens (tertiary/aromatic N) is 1. The van der Waals surface area contributed by atoms with Crippen molar-refractivity contribution in [3.05, 3.63) is 29.8 Å². The highest BCUT2D eigenvalue weighted by molar-refractivity contribution is 5.82. The average Bonchev–Trinajstić information content (AvgIpc) is 2.53. The van der Waals surface area contributed by atoms with Crippen LogP contribution in [0.2, 0.25) is 0 Å². The van der Waals surface area contributed by atoms with E-state index in [1.807, 2.05) is 38.1 Å². The van der Waals surface area contributed by atoms with Crippen LogP contribution in [0.15, 0.2) is 24.3 Å². The molecule has 120 valence electrons. The van der Waals surface area contributed by atoms with E-state index in [-0.39, 0.29) is 19.1 Å². The van der Waals surface area contributed by atoms with Crippen molar-refractivity contribution < 1.29 is 24.2 Å². The van der Waals surface area contributed by atoms with Gasteiger partial charge in [0, 0.05) is 6.54 Å². The summed E-state index contributed by atoms with van der Waals surface area (Å²) >= 11 is 0. The first-order valence-corrected chi connectivity index (χ1v) is 7.38. The van der Waals surface area contributed by atoms with Crippen LogP contribution in [0.1, 0.15) is 18.9 Å². The summed E-state index contributed by atoms with van der Waals surface area (Å²) in [6.45, 7) is 4.46. The molecule has 1 aliphatic rings. The first-order valence-electron chi connectivity index (χ1n) is 7.38. The van der Waals surface area contributed by atoms with Gasteiger partial charge in [0.25, 0.3) is 5.91 Å². The number of rotatable bonds is 5. The summed E-state index contributed by atoms with van der Waals surface area (Å²) in [6, 6.07) is 7.51. The van der Waals surface area contributed by atoms with E-state index in [1.165, 1.54) is 4.90 Å². The van der Waals surface area contributed by atoms with Crippen molar-refractivity contribution in [1.82, 2.24) is 4.90 Å². The van der Waals surface area contributed by atoms with Gasteiger partial charge in [0.2, 0.25) is 0 Å². The Morgan fingerprint density at radius 1 is 1.45 bits per heavy atom. The first-order chi connectivity index (χ1) is 10.5. The van der Waals surface area contributed by atoms with E-state index in [2.05, 4.69) is 0 Å². The maximum Gasteiger partial charge on any atom is 0.334 e. The molecule has 2 rings (SSSR count). The van der Waals surface area contributed by atoms with Crippen LogP contribution in [0.3, 0.4) is 0 Å². The number of ether oxygens (including phenoxy) is 2. The van der Waals surface area contributed by atoms with Crippen molar-refractivity contribution in [3.8, 4) is 5.75 Å². The number of hydrogen-bond acceptors (Lipinski definition) is 4. The second-order valence-corrected chi connectivity index (χ2v) is 5.26. The van der Waals surface area contributed by atoms with E-state index in [0.29, 0.717) is 18.7 Å². The minimum Gasteiger partial charge on any atom is -0.480 e. The Morgan fingerprint density at radius 3 is 2.82 bits per heavy atom. The van der Waals surface area contributed by atoms with E-state index in [9.17, 15) is 9.59 Å². The van der Waals surface area contributed by atoms with Crippen LogP contribution in [-0.2, 0) is 14.3 Å². The summed E-state index contributed by atoms with van der Waals surface area (Å²) in [4.78, 5) is 25.1. The minimum atomic E-state index is -1.05. The molecule has 1 fully saturated rings. The molecule has 1 aromatic carbocycles. The predicted octanol–water partition coefficient (Wildman–Crippen LogP) is 1.46. The Bertz CT molecular complexity index is 545. The molecule has 2 atom stereocenters. The van der Waals surface area contributed by atoms with Gasteiger partial charge in [-0.1, -0.05) is 25.1 Å². The Kier molecular flexibility index (Phi) is 5.38. The number of carbonyl (C=O) groups is 2. The van der Waals surface area contributed by atoms with Crippen molar-refractivity contribution in [3.63, 3.8) is 0 Å². The Balaban J connectivity index is 2.05. The second-order valence-electron chi connectivity index (χ2n) is 5.26. The van der Waals surface area contributed by atoms with Gasteiger partial charge in [0.1, 0.15) is 5.75 Å². The van der Waals surface area contributed by atoms with Gasteiger partial charge in [-0.15, -0.1) is 0 Å². The lowest BCUT2D eigenvalue weighted by Crippen LogP contribution is -2.52. The standard InChI is InChI=1S/C16H21NO5/c1-3-12(22-13-7-5-4-6-11(13)2)15(18)17-8-9-21-14(10-17)16(19)20/h4-7,12,14H,3,8-10H2,1-2H3,(H,19,20)/t12-,14-/m0/s1. The van der Waals surface area contributed by atoms with Crippen LogP contribution in [0.25, 0.3) is 0 Å². The molecule has 1 aliphatic heterocycles. The molecule has 1 saturated heterocycles. The largest absolute Gasteiger partial charge is 0.480 e. The molecule has 6 nitrogen and oxygen atoms in total. The van der Waals surface area contributed by atoms with E-state index in [4.69, 9.17) is 14.6 Å². The van der Waals surface area contributed by atoms with E-state index in [0.717, 1.165) is 5.56 Å². The average molecular weight is 307 g/mol. The quantitative estimate of drug-likeness (QED) is 0.891. The molecular weight excluding hydrogens is 286 g/mol. The second kappa shape index (κ2) is 7.26. The normalized spacial score (nSPS) is 19.5. The highest BCUT2D eigenvalue weighted by Gasteiger charge is 2.32. The first kappa shape index (κ1) is 16.3. The smallest absolute Gasteiger partial charge is 0.334 e. The molecule has 1 amide bonds. The van der Waals surface area contributed by atoms with Gasteiger partial charge in [0.15, 0.2) is 12.2 Å². The van der Waals surface area contributed by atoms with Crippen molar-refractivity contribution in [2.75, 3.05) is 19.7 Å². The molecule has 0 radical (unpaired) electrons. The number of hydrogen-bond donors (Lipinski definition) is 1. The minimum absolute atomic E-state index is 0.0573. The highest BCUT2D eigenvalue weighted by Crippen LogP contribution is 2.20. The predicted molar refractivity (Wildman–Crippen MR) is 79.8 cm³/mol. The Labute approximate surface area is 129 Å². The van der Waals surface area contributed by atoms with Gasteiger partial charge in [-0.3, -0.25) is 4.79 Å². The zero-order chi connectivity index (χ0) is 16.1. The number of benzene rings is 1. The molecule has 0 aliphatic carbocycles. The van der Waals surface area contributed by atoms with Crippen LogP contribution in [-0.4, -0.2) is 53.8 Å². The number of carboxylic acids is 1. The Hall–Kier alpha value is -2.08. The molecule has 0 bridgehead atoms. The third-order valence-corrected chi connectivity index (χ3v) is 3.66. The molecule has 1 aromatic rings. The fraction of sp³-hybridized carbons (Fsp3) is 0.500. The van der Waals surface area contributed by atoms with Crippen LogP contribution in [0, 0.1) is 6.92 Å². The molecule has 0 saturated carbocycles. The van der Waals surface area contributed by atoms with Gasteiger partial charge in [-0.25, -0.2) is 4.79 Å². The summed E-state index contributed by atoms with van der Waals surface area (Å²) in [5.74, 6) is -0.573. The molecular formula is C16H21NO5. The van der Waals surface area contributed by atoms with Crippen molar-refractivity contribution in [2.24, 2.45) is 0 Å². The van der Waals surface area contributed by atoms with Crippen molar-refractivity contribution in [2.45, 2.75) is 32.5 Å². The van der Waals surface area contributed by atoms with E-state index in [1.54, 1.807) is 0 Å². The number of carbonyl (C=O) groups excluding carboxylic acids is 1. The van der Waals surface area contributed by atoms with Crippen molar-refractivity contribution in [1.29, 1.82) is 0 Å². The molecule has 0 unspecified atom stereocenters. The topological polar surface area (TPSA) is 76.1 Å². The highest BCUT2D eigenvalue weighted by atomic mass is 16.5. The summed E-state index contributed by atoms with van der Waals surface area (Å²) in [5, 5.41) is 9.01. The van der Waals surface area contributed by atoms with E-state index < -0.39 is 18.2 Å². The third-order valence-electron chi connectivity index (χ3n) is 3.66. The Morgan fingerprint density at radius 2 is 2.18 bits per heavy atom. The van der Waals surface area contributed by atoms with Gasteiger partial charge in [-0.2, -0.15) is 0 Å². The monoisotopic (exact) mass is 307 g/mol. The molecule has 22 heavy (non-hydrogen) atoms. The summed E-state index contributed by atoms with van der Waals surface area (Å²) in [5.41, 5.74) is 0.958. The van der Waals surface area contributed by atoms with Gasteiger partial charge in [-0.05, 0) is 25.0 Å². The van der Waals surface area contributed by atoms with Crippen LogP contribution in [0.5, 0.6) is 5.75 Å². The molecule has 1 heterocycles. The lowest BCUT2D eigenvalue weighted by atomic mass is 10.2. The fourth-order valence-corrected chi connectivity index (χ4v) is 2.35. The molecule has 0 aromatic heterocycles. The lowest BCUT2D eigenvalue weighted by molar-refractivity contribution is -0.161. The zero-order valence-corrected chi connectivity index (χ0v) is 12.8. The maximum atomic E-state index is 12.6. The lowest BCUT2D eigenvalue weighted by Gasteiger charge is -2.33. The number of aliphatic carboxylic acids is 1. The molecule has 6 heteroatoms. The van der Waals surface area contributed by atoms with Crippen molar-refractivity contribution >= 4 is 11.9 Å². The maximum absolute atomic E-state index is 12.6. The zero-order valence-electron chi connectivity index (χ0n) is 12.8. The van der Waals surface area contributed by atoms with Gasteiger partial charge >= 0.3 is 5.97 Å². The summed E-state index contributed by atoms with van der Waals surface area (Å²) < 4.78 is 11.0. The van der Waals surface area contributed by atoms with E-state index >= 15 is 0 Å². The number of amides is 1. The van der Waals surface area contributed by atoms with Crippen LogP contribution >= 0.6 is 0 Å². The third kappa shape index (κ3) is 3.76. The number of aryl methyl sites for hydroxylation is 1. The molecule has 0 spiro atoms. The fourth-order valence-electron chi connectivity index (χ4n) is 2.35. The summed E-state index contributed by atoms with van der Waals surface area (Å²) in [6.07, 6.45) is -1.07. The van der Waals surface area contributed by atoms with Gasteiger partial charge in [0.05, 0.1) is 13.2 Å². The molecule has 1 N–H and O–H groups in total. The number of carboxylic acid groups (broad SMARTS) is 1. The van der Waals surface area contributed by atoms with Crippen LogP contribution < -0.4 is 4.74 Å². The summed E-state index contributed by atoms with van der Waals surface area (Å²) in [7, 11) is 0. The number of morpholine rings is 1.